The fraction of sp³-hybridized carbons (Fsp3) is 0.310. The maximum absolute atomic E-state index is 13.2. The van der Waals surface area contributed by atoms with Crippen molar-refractivity contribution in [2.75, 3.05) is 32.9 Å². The zero-order chi connectivity index (χ0) is 28.4. The summed E-state index contributed by atoms with van der Waals surface area (Å²) in [5.74, 6) is -1.96. The molecular weight excluding hydrogens is 516 g/mol. The SMILES string of the molecule is C=C1NC(=O)N(CC(=O)N(CC(=O)O)[C@@H]2COC[C@H]2NC(=O)OCC2c3ccccc3-c3ccccc32)C=C1C. The second-order valence-electron chi connectivity index (χ2n) is 9.95. The number of fused-ring (bicyclic) bond motifs is 3. The van der Waals surface area contributed by atoms with Gasteiger partial charge in [0.2, 0.25) is 5.91 Å². The largest absolute Gasteiger partial charge is 0.480 e. The summed E-state index contributed by atoms with van der Waals surface area (Å²) in [6.45, 7) is 4.64. The van der Waals surface area contributed by atoms with E-state index in [1.807, 2.05) is 48.5 Å². The second-order valence-corrected chi connectivity index (χ2v) is 9.95. The fourth-order valence-corrected chi connectivity index (χ4v) is 5.34. The molecule has 40 heavy (non-hydrogen) atoms. The highest BCUT2D eigenvalue weighted by Gasteiger charge is 2.39. The van der Waals surface area contributed by atoms with Crippen molar-refractivity contribution in [3.8, 4) is 11.1 Å². The van der Waals surface area contributed by atoms with Crippen molar-refractivity contribution in [1.82, 2.24) is 20.4 Å². The number of carbonyl (C=O) groups is 4. The second kappa shape index (κ2) is 11.2. The minimum absolute atomic E-state index is 0.0191. The van der Waals surface area contributed by atoms with E-state index >= 15 is 0 Å². The van der Waals surface area contributed by atoms with Gasteiger partial charge >= 0.3 is 18.1 Å². The van der Waals surface area contributed by atoms with Crippen molar-refractivity contribution in [2.24, 2.45) is 0 Å². The maximum Gasteiger partial charge on any atom is 0.407 e. The summed E-state index contributed by atoms with van der Waals surface area (Å²) >= 11 is 0. The van der Waals surface area contributed by atoms with Crippen LogP contribution in [-0.2, 0) is 19.1 Å². The van der Waals surface area contributed by atoms with E-state index in [4.69, 9.17) is 9.47 Å². The number of alkyl carbamates (subject to hydrolysis) is 1. The maximum atomic E-state index is 13.2. The molecule has 1 saturated heterocycles. The van der Waals surface area contributed by atoms with E-state index in [1.165, 1.54) is 6.20 Å². The summed E-state index contributed by atoms with van der Waals surface area (Å²) in [7, 11) is 0. The Kier molecular flexibility index (Phi) is 7.56. The van der Waals surface area contributed by atoms with E-state index in [2.05, 4.69) is 17.2 Å². The average Bonchev–Trinajstić information content (AvgIpc) is 3.51. The molecule has 208 valence electrons. The minimum atomic E-state index is -1.23. The normalized spacial score (nSPS) is 19.8. The van der Waals surface area contributed by atoms with Crippen LogP contribution < -0.4 is 10.6 Å². The van der Waals surface area contributed by atoms with Gasteiger partial charge in [0.25, 0.3) is 0 Å². The number of urea groups is 1. The van der Waals surface area contributed by atoms with E-state index < -0.39 is 49.2 Å². The van der Waals surface area contributed by atoms with Gasteiger partial charge in [-0.05, 0) is 34.8 Å². The van der Waals surface area contributed by atoms with Gasteiger partial charge in [-0.25, -0.2) is 9.59 Å². The molecule has 3 aliphatic rings. The molecule has 0 aromatic heterocycles. The van der Waals surface area contributed by atoms with Crippen LogP contribution in [0.5, 0.6) is 0 Å². The van der Waals surface area contributed by atoms with Gasteiger partial charge in [-0.3, -0.25) is 14.5 Å². The molecule has 0 radical (unpaired) electrons. The number of benzene rings is 2. The van der Waals surface area contributed by atoms with Crippen molar-refractivity contribution < 1.29 is 33.8 Å². The first-order valence-electron chi connectivity index (χ1n) is 12.9. The highest BCUT2D eigenvalue weighted by atomic mass is 16.5. The Balaban J connectivity index is 1.25. The molecular formula is C29H30N4O7. The van der Waals surface area contributed by atoms with Gasteiger partial charge in [0.15, 0.2) is 0 Å². The van der Waals surface area contributed by atoms with Gasteiger partial charge in [-0.1, -0.05) is 55.1 Å². The van der Waals surface area contributed by atoms with Crippen molar-refractivity contribution in [2.45, 2.75) is 24.9 Å². The number of carbonyl (C=O) groups excluding carboxylic acids is 3. The molecule has 5 rings (SSSR count). The lowest BCUT2D eigenvalue weighted by atomic mass is 9.98. The predicted octanol–water partition coefficient (Wildman–Crippen LogP) is 2.65. The van der Waals surface area contributed by atoms with Crippen molar-refractivity contribution in [3.05, 3.63) is 83.7 Å². The zero-order valence-electron chi connectivity index (χ0n) is 22.0. The first-order valence-corrected chi connectivity index (χ1v) is 12.9. The number of allylic oxidation sites excluding steroid dienone is 1. The molecule has 2 heterocycles. The summed E-state index contributed by atoms with van der Waals surface area (Å²) in [6.07, 6.45) is 0.785. The highest BCUT2D eigenvalue weighted by Crippen LogP contribution is 2.44. The molecule has 3 N–H and O–H groups in total. The highest BCUT2D eigenvalue weighted by molar-refractivity contribution is 5.89. The van der Waals surface area contributed by atoms with E-state index in [9.17, 15) is 24.3 Å². The Morgan fingerprint density at radius 1 is 1.12 bits per heavy atom. The van der Waals surface area contributed by atoms with E-state index in [1.54, 1.807) is 6.92 Å². The van der Waals surface area contributed by atoms with Crippen LogP contribution in [-0.4, -0.2) is 83.9 Å². The van der Waals surface area contributed by atoms with Crippen LogP contribution in [0.25, 0.3) is 11.1 Å². The summed E-state index contributed by atoms with van der Waals surface area (Å²) < 4.78 is 11.1. The van der Waals surface area contributed by atoms with Crippen molar-refractivity contribution >= 4 is 24.0 Å². The molecule has 2 aromatic carbocycles. The van der Waals surface area contributed by atoms with E-state index in [0.29, 0.717) is 11.3 Å². The van der Waals surface area contributed by atoms with Crippen molar-refractivity contribution in [3.63, 3.8) is 0 Å². The number of nitrogens with one attached hydrogen (secondary N) is 2. The lowest BCUT2D eigenvalue weighted by molar-refractivity contribution is -0.146. The number of rotatable bonds is 8. The number of carboxylic acids is 1. The lowest BCUT2D eigenvalue weighted by Crippen LogP contribution is -2.57. The van der Waals surface area contributed by atoms with Crippen LogP contribution in [0.15, 0.2) is 72.6 Å². The molecule has 0 saturated carbocycles. The molecule has 0 bridgehead atoms. The Hall–Kier alpha value is -4.64. The molecule has 11 heteroatoms. The van der Waals surface area contributed by atoms with Crippen LogP contribution >= 0.6 is 0 Å². The van der Waals surface area contributed by atoms with Crippen LogP contribution in [0.3, 0.4) is 0 Å². The third kappa shape index (κ3) is 5.41. The topological polar surface area (TPSA) is 138 Å². The van der Waals surface area contributed by atoms with Crippen LogP contribution in [0.1, 0.15) is 24.0 Å². The Labute approximate surface area is 231 Å². The first-order chi connectivity index (χ1) is 19.2. The predicted molar refractivity (Wildman–Crippen MR) is 144 cm³/mol. The summed E-state index contributed by atoms with van der Waals surface area (Å²) in [4.78, 5) is 52.3. The number of ether oxygens (including phenoxy) is 2. The van der Waals surface area contributed by atoms with Gasteiger partial charge < -0.3 is 30.1 Å². The Morgan fingerprint density at radius 3 is 2.42 bits per heavy atom. The third-order valence-electron chi connectivity index (χ3n) is 7.37. The van der Waals surface area contributed by atoms with Crippen LogP contribution in [0, 0.1) is 0 Å². The smallest absolute Gasteiger partial charge is 0.407 e. The zero-order valence-corrected chi connectivity index (χ0v) is 22.0. The van der Waals surface area contributed by atoms with Crippen molar-refractivity contribution in [1.29, 1.82) is 0 Å². The summed E-state index contributed by atoms with van der Waals surface area (Å²) in [6, 6.07) is 14.0. The summed E-state index contributed by atoms with van der Waals surface area (Å²) in [5.41, 5.74) is 5.45. The monoisotopic (exact) mass is 546 g/mol. The quantitative estimate of drug-likeness (QED) is 0.463. The number of aliphatic carboxylic acids is 1. The Morgan fingerprint density at radius 2 is 1.77 bits per heavy atom. The molecule has 4 amide bonds. The van der Waals surface area contributed by atoms with Gasteiger partial charge in [-0.2, -0.15) is 0 Å². The van der Waals surface area contributed by atoms with Gasteiger partial charge in [0.05, 0.1) is 25.3 Å². The van der Waals surface area contributed by atoms with Crippen LogP contribution in [0.2, 0.25) is 0 Å². The average molecular weight is 547 g/mol. The minimum Gasteiger partial charge on any atom is -0.480 e. The molecule has 2 aliphatic heterocycles. The lowest BCUT2D eigenvalue weighted by Gasteiger charge is -2.33. The molecule has 1 fully saturated rings. The number of hydrogen-bond donors (Lipinski definition) is 3. The first kappa shape index (κ1) is 26.9. The number of nitrogens with zero attached hydrogens (tertiary/aromatic N) is 2. The third-order valence-corrected chi connectivity index (χ3v) is 7.37. The number of hydrogen-bond acceptors (Lipinski definition) is 6. The molecule has 2 aromatic rings. The fourth-order valence-electron chi connectivity index (χ4n) is 5.34. The molecule has 2 atom stereocenters. The van der Waals surface area contributed by atoms with Gasteiger partial charge in [-0.15, -0.1) is 0 Å². The molecule has 1 aliphatic carbocycles. The van der Waals surface area contributed by atoms with E-state index in [0.717, 1.165) is 32.1 Å². The molecule has 0 spiro atoms. The van der Waals surface area contributed by atoms with Crippen LogP contribution in [0.4, 0.5) is 9.59 Å². The number of amides is 4. The number of carboxylic acid groups (broad SMARTS) is 1. The Bertz CT molecular complexity index is 1360. The van der Waals surface area contributed by atoms with E-state index in [-0.39, 0.29) is 25.7 Å². The summed E-state index contributed by atoms with van der Waals surface area (Å²) in [5, 5.41) is 14.8. The molecule has 11 nitrogen and oxygen atoms in total. The van der Waals surface area contributed by atoms with Gasteiger partial charge in [0.1, 0.15) is 19.7 Å². The standard InChI is InChI=1S/C29H30N4O7/c1-17-11-32(28(37)30-18(17)2)12-26(34)33(13-27(35)36)25-16-39-15-24(25)31-29(38)40-14-23-21-9-5-3-7-19(21)20-8-4-6-10-22(20)23/h3-11,23-25H,2,12-16H2,1H3,(H,30,37)(H,31,38)(H,35,36)/t24-,25-/m1/s1. The molecule has 0 unspecified atom stereocenters. The van der Waals surface area contributed by atoms with Gasteiger partial charge in [0, 0.05) is 17.8 Å².